The minimum atomic E-state index is 0.445. The normalized spacial score (nSPS) is 16.6. The van der Waals surface area contributed by atoms with Gasteiger partial charge in [0.05, 0.1) is 19.2 Å². The first-order valence-corrected chi connectivity index (χ1v) is 15.9. The number of hydrogen-bond acceptors (Lipinski definition) is 7. The van der Waals surface area contributed by atoms with Crippen molar-refractivity contribution in [1.82, 2.24) is 15.3 Å². The van der Waals surface area contributed by atoms with Gasteiger partial charge in [-0.15, -0.1) is 0 Å². The van der Waals surface area contributed by atoms with Gasteiger partial charge in [-0.05, 0) is 105 Å². The van der Waals surface area contributed by atoms with Crippen molar-refractivity contribution < 1.29 is 9.47 Å². The number of fused-ring (bicyclic) bond motifs is 1. The number of benzene rings is 3. The Kier molecular flexibility index (Phi) is 11.1. The quantitative estimate of drug-likeness (QED) is 0.140. The maximum atomic E-state index is 5.97. The van der Waals surface area contributed by atoms with Crippen LogP contribution in [0.15, 0.2) is 72.8 Å². The molecule has 5 rings (SSSR count). The van der Waals surface area contributed by atoms with Crippen molar-refractivity contribution in [1.29, 1.82) is 0 Å². The van der Waals surface area contributed by atoms with Crippen LogP contribution in [0.3, 0.4) is 0 Å². The molecule has 1 saturated carbocycles. The largest absolute Gasteiger partial charge is 0.497 e. The van der Waals surface area contributed by atoms with Crippen molar-refractivity contribution in [3.63, 3.8) is 0 Å². The third-order valence-corrected chi connectivity index (χ3v) is 8.41. The highest BCUT2D eigenvalue weighted by Gasteiger charge is 2.22. The fraction of sp³-hybridized carbons (Fsp3) is 0.444. The fourth-order valence-electron chi connectivity index (χ4n) is 5.89. The summed E-state index contributed by atoms with van der Waals surface area (Å²) in [5, 5.41) is 8.43. The van der Waals surface area contributed by atoms with E-state index < -0.39 is 0 Å². The van der Waals surface area contributed by atoms with E-state index in [1.54, 1.807) is 7.11 Å². The second-order valence-corrected chi connectivity index (χ2v) is 11.9. The predicted molar refractivity (Wildman–Crippen MR) is 178 cm³/mol. The molecule has 7 nitrogen and oxygen atoms in total. The lowest BCUT2D eigenvalue weighted by molar-refractivity contribution is 0.303. The van der Waals surface area contributed by atoms with E-state index in [0.29, 0.717) is 6.04 Å². The highest BCUT2D eigenvalue weighted by atomic mass is 16.5. The fourth-order valence-corrected chi connectivity index (χ4v) is 5.89. The van der Waals surface area contributed by atoms with Crippen molar-refractivity contribution in [2.24, 2.45) is 5.92 Å². The summed E-state index contributed by atoms with van der Waals surface area (Å²) >= 11 is 0. The van der Waals surface area contributed by atoms with Gasteiger partial charge in [0, 0.05) is 25.5 Å². The number of unbranched alkanes of at least 4 members (excludes halogenated alkanes) is 3. The molecule has 1 aromatic heterocycles. The molecule has 43 heavy (non-hydrogen) atoms. The lowest BCUT2D eigenvalue weighted by atomic mass is 9.86. The summed E-state index contributed by atoms with van der Waals surface area (Å²) in [6.07, 6.45) is 9.59. The molecule has 3 aromatic carbocycles. The summed E-state index contributed by atoms with van der Waals surface area (Å²) in [5.74, 6) is 4.29. The molecular formula is C36H47N5O2. The summed E-state index contributed by atoms with van der Waals surface area (Å²) in [5.41, 5.74) is 3.35. The molecular weight excluding hydrogens is 534 g/mol. The van der Waals surface area contributed by atoms with Gasteiger partial charge >= 0.3 is 0 Å². The Bertz CT molecular complexity index is 1400. The van der Waals surface area contributed by atoms with Crippen LogP contribution in [-0.4, -0.2) is 56.9 Å². The summed E-state index contributed by atoms with van der Waals surface area (Å²) < 4.78 is 11.2. The highest BCUT2D eigenvalue weighted by Crippen LogP contribution is 2.28. The average molecular weight is 582 g/mol. The van der Waals surface area contributed by atoms with Gasteiger partial charge in [0.2, 0.25) is 5.95 Å². The Labute approximate surface area is 257 Å². The number of nitrogens with one attached hydrogen (secondary N) is 2. The summed E-state index contributed by atoms with van der Waals surface area (Å²) in [7, 11) is 5.77. The van der Waals surface area contributed by atoms with Crippen LogP contribution >= 0.6 is 0 Å². The maximum Gasteiger partial charge on any atom is 0.225 e. The van der Waals surface area contributed by atoms with Gasteiger partial charge in [0.25, 0.3) is 0 Å². The summed E-state index contributed by atoms with van der Waals surface area (Å²) in [4.78, 5) is 11.7. The average Bonchev–Trinajstić information content (AvgIpc) is 3.04. The highest BCUT2D eigenvalue weighted by molar-refractivity contribution is 5.90. The topological polar surface area (TPSA) is 71.5 Å². The van der Waals surface area contributed by atoms with E-state index >= 15 is 0 Å². The number of methoxy groups -OCH3 is 1. The molecule has 1 fully saturated rings. The molecule has 0 unspecified atom stereocenters. The number of aromatic nitrogens is 2. The zero-order valence-electron chi connectivity index (χ0n) is 26.0. The van der Waals surface area contributed by atoms with Crippen LogP contribution in [0.5, 0.6) is 11.5 Å². The molecule has 1 heterocycles. The van der Waals surface area contributed by atoms with Gasteiger partial charge in [-0.3, -0.25) is 0 Å². The van der Waals surface area contributed by atoms with Gasteiger partial charge in [-0.2, -0.15) is 4.98 Å². The molecule has 7 heteroatoms. The molecule has 1 aliphatic carbocycles. The van der Waals surface area contributed by atoms with Gasteiger partial charge in [-0.1, -0.05) is 49.2 Å². The molecule has 0 saturated heterocycles. The first-order valence-electron chi connectivity index (χ1n) is 15.9. The zero-order chi connectivity index (χ0) is 29.9. The van der Waals surface area contributed by atoms with Gasteiger partial charge < -0.3 is 25.0 Å². The Hall–Kier alpha value is -3.84. The Morgan fingerprint density at radius 3 is 2.14 bits per heavy atom. The minimum Gasteiger partial charge on any atom is -0.497 e. The van der Waals surface area contributed by atoms with E-state index in [1.165, 1.54) is 56.1 Å². The van der Waals surface area contributed by atoms with Crippen molar-refractivity contribution >= 4 is 22.7 Å². The number of ether oxygens (including phenoxy) is 2. The Balaban J connectivity index is 0.908. The standard InChI is InChI=1S/C36H47N5O2/c1-41(2)35-33-10-6-7-11-34(33)39-36(40-35)38-30-18-12-27(13-19-30)26-37-24-8-4-5-9-25-43-32-22-16-29(17-23-32)28-14-20-31(42-3)21-15-28/h6-7,10-11,14-17,20-23,27,30,37H,4-5,8-9,12-13,18-19,24-26H2,1-3H3,(H,38,39,40). The number of anilines is 2. The van der Waals surface area contributed by atoms with Gasteiger partial charge in [0.1, 0.15) is 17.3 Å². The molecule has 0 amide bonds. The van der Waals surface area contributed by atoms with E-state index in [2.05, 4.69) is 64.1 Å². The minimum absolute atomic E-state index is 0.445. The van der Waals surface area contributed by atoms with Crippen LogP contribution in [0.2, 0.25) is 0 Å². The van der Waals surface area contributed by atoms with Crippen LogP contribution in [0.1, 0.15) is 51.4 Å². The monoisotopic (exact) mass is 581 g/mol. The van der Waals surface area contributed by atoms with Gasteiger partial charge in [-0.25, -0.2) is 4.98 Å². The molecule has 228 valence electrons. The Morgan fingerprint density at radius 2 is 1.44 bits per heavy atom. The van der Waals surface area contributed by atoms with E-state index in [-0.39, 0.29) is 0 Å². The van der Waals surface area contributed by atoms with E-state index in [1.807, 2.05) is 38.4 Å². The molecule has 4 aromatic rings. The third kappa shape index (κ3) is 8.83. The van der Waals surface area contributed by atoms with Crippen LogP contribution in [0.25, 0.3) is 22.0 Å². The smallest absolute Gasteiger partial charge is 0.225 e. The van der Waals surface area contributed by atoms with Crippen LogP contribution in [-0.2, 0) is 0 Å². The molecule has 0 aliphatic heterocycles. The van der Waals surface area contributed by atoms with Crippen molar-refractivity contribution in [2.75, 3.05) is 51.1 Å². The van der Waals surface area contributed by atoms with Crippen molar-refractivity contribution in [3.8, 4) is 22.6 Å². The zero-order valence-corrected chi connectivity index (χ0v) is 26.0. The maximum absolute atomic E-state index is 5.97. The first-order chi connectivity index (χ1) is 21.1. The number of para-hydroxylation sites is 1. The van der Waals surface area contributed by atoms with E-state index in [0.717, 1.165) is 66.2 Å². The predicted octanol–water partition coefficient (Wildman–Crippen LogP) is 7.57. The number of rotatable bonds is 15. The lowest BCUT2D eigenvalue weighted by Crippen LogP contribution is -2.32. The SMILES string of the molecule is COc1ccc(-c2ccc(OCCCCCCNCC3CCC(Nc4nc(N(C)C)c5ccccc5n4)CC3)cc2)cc1. The van der Waals surface area contributed by atoms with Crippen molar-refractivity contribution in [3.05, 3.63) is 72.8 Å². The molecule has 1 aliphatic rings. The third-order valence-electron chi connectivity index (χ3n) is 8.41. The molecule has 0 spiro atoms. The molecule has 2 N–H and O–H groups in total. The summed E-state index contributed by atoms with van der Waals surface area (Å²) in [6.45, 7) is 3.00. The van der Waals surface area contributed by atoms with Gasteiger partial charge in [0.15, 0.2) is 0 Å². The Morgan fingerprint density at radius 1 is 0.767 bits per heavy atom. The van der Waals surface area contributed by atoms with Crippen LogP contribution in [0, 0.1) is 5.92 Å². The summed E-state index contributed by atoms with van der Waals surface area (Å²) in [6, 6.07) is 25.2. The first kappa shape index (κ1) is 30.6. The van der Waals surface area contributed by atoms with Crippen LogP contribution in [0.4, 0.5) is 11.8 Å². The van der Waals surface area contributed by atoms with Crippen molar-refractivity contribution in [2.45, 2.75) is 57.4 Å². The van der Waals surface area contributed by atoms with E-state index in [9.17, 15) is 0 Å². The molecule has 0 atom stereocenters. The lowest BCUT2D eigenvalue weighted by Gasteiger charge is -2.29. The van der Waals surface area contributed by atoms with Crippen LogP contribution < -0.4 is 25.0 Å². The number of nitrogens with zero attached hydrogens (tertiary/aromatic N) is 3. The second kappa shape index (κ2) is 15.6. The number of hydrogen-bond donors (Lipinski definition) is 2. The molecule has 0 radical (unpaired) electrons. The van der Waals surface area contributed by atoms with E-state index in [4.69, 9.17) is 19.4 Å². The molecule has 0 bridgehead atoms. The second-order valence-electron chi connectivity index (χ2n) is 11.9.